The molecule has 12 nitrogen and oxygen atoms in total. The Bertz CT molecular complexity index is 1070. The van der Waals surface area contributed by atoms with Crippen molar-refractivity contribution in [2.24, 2.45) is 11.5 Å². The Morgan fingerprint density at radius 1 is 1.03 bits per heavy atom. The molecule has 184 valence electrons. The van der Waals surface area contributed by atoms with Crippen molar-refractivity contribution in [1.82, 2.24) is 20.9 Å². The molecular weight excluding hydrogens is 464 g/mol. The molecule has 4 unspecified atom stereocenters. The zero-order valence-corrected chi connectivity index (χ0v) is 19.3. The Balaban J connectivity index is 2.02. The number of H-pyrrole nitrogens is 1. The van der Waals surface area contributed by atoms with Crippen molar-refractivity contribution in [1.29, 1.82) is 0 Å². The van der Waals surface area contributed by atoms with Gasteiger partial charge in [-0.2, -0.15) is 12.6 Å². The molecule has 0 aliphatic heterocycles. The van der Waals surface area contributed by atoms with Gasteiger partial charge in [-0.1, -0.05) is 18.2 Å². The lowest BCUT2D eigenvalue weighted by molar-refractivity contribution is -0.142. The molecule has 1 aromatic carbocycles. The van der Waals surface area contributed by atoms with Gasteiger partial charge in [-0.15, -0.1) is 0 Å². The van der Waals surface area contributed by atoms with E-state index in [1.54, 1.807) is 6.20 Å². The zero-order valence-electron chi connectivity index (χ0n) is 18.4. The first-order valence-corrected chi connectivity index (χ1v) is 11.0. The number of nitrogens with two attached hydrogens (primary N) is 2. The number of thiol groups is 1. The molecule has 0 aliphatic rings. The van der Waals surface area contributed by atoms with Gasteiger partial charge in [-0.25, -0.2) is 0 Å². The molecule has 0 spiro atoms. The standard InChI is InChI=1S/C21H28N6O6S/c1-10(21(32)33)25-19(30)15(7-17(23)28)26-20(31)16(9-34)27-18(29)13(22)6-11-8-24-14-5-3-2-4-12(11)14/h2-5,8,10,13,15-16,24,34H,6-7,9,22H2,1H3,(H2,23,28)(H,25,30)(H,26,31)(H,27,29)(H,32,33). The fourth-order valence-corrected chi connectivity index (χ4v) is 3.42. The van der Waals surface area contributed by atoms with E-state index in [1.165, 1.54) is 6.92 Å². The monoisotopic (exact) mass is 492 g/mol. The minimum Gasteiger partial charge on any atom is -0.480 e. The second kappa shape index (κ2) is 12.0. The third-order valence-corrected chi connectivity index (χ3v) is 5.40. The summed E-state index contributed by atoms with van der Waals surface area (Å²) in [4.78, 5) is 63.0. The molecule has 0 radical (unpaired) electrons. The number of aromatic nitrogens is 1. The number of hydrogen-bond donors (Lipinski definition) is 8. The highest BCUT2D eigenvalue weighted by atomic mass is 32.1. The lowest BCUT2D eigenvalue weighted by atomic mass is 10.0. The van der Waals surface area contributed by atoms with Crippen LogP contribution in [0.15, 0.2) is 30.5 Å². The van der Waals surface area contributed by atoms with E-state index in [2.05, 4.69) is 33.6 Å². The highest BCUT2D eigenvalue weighted by Gasteiger charge is 2.30. The van der Waals surface area contributed by atoms with E-state index in [1.807, 2.05) is 24.3 Å². The van der Waals surface area contributed by atoms with Crippen molar-refractivity contribution in [2.45, 2.75) is 43.9 Å². The van der Waals surface area contributed by atoms with Crippen molar-refractivity contribution < 1.29 is 29.1 Å². The van der Waals surface area contributed by atoms with Crippen LogP contribution in [-0.4, -0.2) is 69.6 Å². The van der Waals surface area contributed by atoms with Gasteiger partial charge in [0.2, 0.25) is 23.6 Å². The number of carboxylic acids is 1. The summed E-state index contributed by atoms with van der Waals surface area (Å²) in [6.07, 6.45) is 1.39. The first kappa shape index (κ1) is 26.7. The Labute approximate surface area is 200 Å². The van der Waals surface area contributed by atoms with E-state index in [0.717, 1.165) is 16.5 Å². The Morgan fingerprint density at radius 3 is 2.26 bits per heavy atom. The fraction of sp³-hybridized carbons (Fsp3) is 0.381. The highest BCUT2D eigenvalue weighted by Crippen LogP contribution is 2.18. The van der Waals surface area contributed by atoms with Gasteiger partial charge < -0.3 is 37.5 Å². The summed E-state index contributed by atoms with van der Waals surface area (Å²) in [5, 5.41) is 16.8. The van der Waals surface area contributed by atoms with Crippen molar-refractivity contribution in [3.05, 3.63) is 36.0 Å². The smallest absolute Gasteiger partial charge is 0.325 e. The zero-order chi connectivity index (χ0) is 25.4. The molecule has 1 heterocycles. The number of amides is 4. The number of aromatic amines is 1. The van der Waals surface area contributed by atoms with Crippen LogP contribution in [-0.2, 0) is 30.4 Å². The number of carboxylic acid groups (broad SMARTS) is 1. The van der Waals surface area contributed by atoms with E-state index in [9.17, 15) is 24.0 Å². The molecule has 34 heavy (non-hydrogen) atoms. The van der Waals surface area contributed by atoms with Crippen LogP contribution in [0.1, 0.15) is 18.9 Å². The largest absolute Gasteiger partial charge is 0.480 e. The van der Waals surface area contributed by atoms with E-state index >= 15 is 0 Å². The van der Waals surface area contributed by atoms with E-state index in [-0.39, 0.29) is 12.2 Å². The quantitative estimate of drug-likeness (QED) is 0.163. The molecule has 0 saturated carbocycles. The molecule has 4 atom stereocenters. The summed E-state index contributed by atoms with van der Waals surface area (Å²) in [5.74, 6) is -4.67. The first-order chi connectivity index (χ1) is 16.0. The molecular formula is C21H28N6O6S. The minimum absolute atomic E-state index is 0.131. The summed E-state index contributed by atoms with van der Waals surface area (Å²) in [5.41, 5.74) is 12.9. The summed E-state index contributed by atoms with van der Waals surface area (Å²) in [6, 6.07) is 2.67. The first-order valence-electron chi connectivity index (χ1n) is 10.4. The third-order valence-electron chi connectivity index (χ3n) is 5.03. The topological polar surface area (TPSA) is 209 Å². The van der Waals surface area contributed by atoms with Gasteiger partial charge in [0.15, 0.2) is 0 Å². The average Bonchev–Trinajstić information content (AvgIpc) is 3.18. The van der Waals surface area contributed by atoms with Crippen molar-refractivity contribution in [3.63, 3.8) is 0 Å². The number of nitrogens with one attached hydrogen (secondary N) is 4. The van der Waals surface area contributed by atoms with E-state index < -0.39 is 60.2 Å². The van der Waals surface area contributed by atoms with Crippen LogP contribution >= 0.6 is 12.6 Å². The molecule has 0 fully saturated rings. The molecule has 2 rings (SSSR count). The van der Waals surface area contributed by atoms with Crippen LogP contribution in [0.3, 0.4) is 0 Å². The average molecular weight is 493 g/mol. The molecule has 1 aromatic heterocycles. The second-order valence-electron chi connectivity index (χ2n) is 7.71. The number of benzene rings is 1. The maximum atomic E-state index is 12.7. The lowest BCUT2D eigenvalue weighted by Crippen LogP contribution is -2.58. The maximum Gasteiger partial charge on any atom is 0.325 e. The molecule has 9 N–H and O–H groups in total. The fourth-order valence-electron chi connectivity index (χ4n) is 3.16. The van der Waals surface area contributed by atoms with Crippen LogP contribution in [0.2, 0.25) is 0 Å². The number of aliphatic carboxylic acids is 1. The number of carbonyl (C=O) groups is 5. The predicted octanol–water partition coefficient (Wildman–Crippen LogP) is -1.60. The summed E-state index contributed by atoms with van der Waals surface area (Å²) in [7, 11) is 0. The van der Waals surface area contributed by atoms with Crippen LogP contribution in [0.4, 0.5) is 0 Å². The Kier molecular flexibility index (Phi) is 9.45. The van der Waals surface area contributed by atoms with Gasteiger partial charge in [-0.05, 0) is 25.0 Å². The molecule has 0 bridgehead atoms. The Hall–Kier alpha value is -3.58. The molecule has 13 heteroatoms. The molecule has 0 saturated heterocycles. The number of para-hydroxylation sites is 1. The van der Waals surface area contributed by atoms with Crippen molar-refractivity contribution >= 4 is 53.1 Å². The summed E-state index contributed by atoms with van der Waals surface area (Å²) >= 11 is 4.07. The number of hydrogen-bond acceptors (Lipinski definition) is 7. The molecule has 0 aliphatic carbocycles. The van der Waals surface area contributed by atoms with Crippen LogP contribution < -0.4 is 27.4 Å². The minimum atomic E-state index is -1.44. The van der Waals surface area contributed by atoms with Gasteiger partial charge in [-0.3, -0.25) is 24.0 Å². The SMILES string of the molecule is CC(NC(=O)C(CC(N)=O)NC(=O)C(CS)NC(=O)C(N)Cc1c[nH]c2ccccc12)C(=O)O. The summed E-state index contributed by atoms with van der Waals surface area (Å²) < 4.78 is 0. The van der Waals surface area contributed by atoms with Crippen LogP contribution in [0.5, 0.6) is 0 Å². The van der Waals surface area contributed by atoms with Crippen molar-refractivity contribution in [2.75, 3.05) is 5.75 Å². The van der Waals surface area contributed by atoms with Crippen LogP contribution in [0, 0.1) is 0 Å². The normalized spacial score (nSPS) is 14.4. The number of fused-ring (bicyclic) bond motifs is 1. The number of rotatable bonds is 12. The van der Waals surface area contributed by atoms with Gasteiger partial charge in [0.25, 0.3) is 0 Å². The van der Waals surface area contributed by atoms with Gasteiger partial charge in [0.1, 0.15) is 18.1 Å². The third kappa shape index (κ3) is 7.22. The summed E-state index contributed by atoms with van der Waals surface area (Å²) in [6.45, 7) is 1.22. The molecule has 2 aromatic rings. The predicted molar refractivity (Wildman–Crippen MR) is 127 cm³/mol. The Morgan fingerprint density at radius 2 is 1.65 bits per heavy atom. The highest BCUT2D eigenvalue weighted by molar-refractivity contribution is 7.80. The number of primary amides is 1. The van der Waals surface area contributed by atoms with Crippen LogP contribution in [0.25, 0.3) is 10.9 Å². The lowest BCUT2D eigenvalue weighted by Gasteiger charge is -2.23. The maximum absolute atomic E-state index is 12.7. The number of carbonyl (C=O) groups excluding carboxylic acids is 4. The van der Waals surface area contributed by atoms with E-state index in [4.69, 9.17) is 16.6 Å². The van der Waals surface area contributed by atoms with Gasteiger partial charge in [0, 0.05) is 22.9 Å². The van der Waals surface area contributed by atoms with Gasteiger partial charge >= 0.3 is 5.97 Å². The van der Waals surface area contributed by atoms with Crippen molar-refractivity contribution in [3.8, 4) is 0 Å². The second-order valence-corrected chi connectivity index (χ2v) is 8.08. The van der Waals surface area contributed by atoms with Gasteiger partial charge in [0.05, 0.1) is 12.5 Å². The van der Waals surface area contributed by atoms with E-state index in [0.29, 0.717) is 0 Å². The molecule has 4 amide bonds.